The van der Waals surface area contributed by atoms with E-state index in [0.717, 1.165) is 5.56 Å². The highest BCUT2D eigenvalue weighted by Crippen LogP contribution is 2.18. The third kappa shape index (κ3) is 3.80. The number of benzene rings is 1. The van der Waals surface area contributed by atoms with Gasteiger partial charge in [0.15, 0.2) is 0 Å². The van der Waals surface area contributed by atoms with E-state index in [-0.39, 0.29) is 5.69 Å². The zero-order valence-electron chi connectivity index (χ0n) is 9.50. The summed E-state index contributed by atoms with van der Waals surface area (Å²) in [7, 11) is 0. The number of aliphatic hydroxyl groups is 1. The van der Waals surface area contributed by atoms with Gasteiger partial charge in [-0.25, -0.2) is 0 Å². The van der Waals surface area contributed by atoms with Gasteiger partial charge in [0.2, 0.25) is 0 Å². The maximum absolute atomic E-state index is 10.5. The molecule has 92 valence electrons. The highest BCUT2D eigenvalue weighted by atomic mass is 16.6. The molecule has 0 radical (unpaired) electrons. The van der Waals surface area contributed by atoms with E-state index < -0.39 is 11.0 Å². The molecule has 5 heteroatoms. The van der Waals surface area contributed by atoms with E-state index in [1.54, 1.807) is 12.1 Å². The SMILES string of the molecule is O=[N+]([O-])c1ccc(CC(O)CNC2CC2)cc1. The molecule has 0 heterocycles. The average molecular weight is 236 g/mol. The van der Waals surface area contributed by atoms with Crippen molar-refractivity contribution in [1.29, 1.82) is 0 Å². The second-order valence-corrected chi connectivity index (χ2v) is 4.46. The highest BCUT2D eigenvalue weighted by Gasteiger charge is 2.21. The quantitative estimate of drug-likeness (QED) is 0.575. The fraction of sp³-hybridized carbons (Fsp3) is 0.500. The van der Waals surface area contributed by atoms with Gasteiger partial charge in [-0.2, -0.15) is 0 Å². The van der Waals surface area contributed by atoms with Crippen molar-refractivity contribution < 1.29 is 10.0 Å². The Morgan fingerprint density at radius 1 is 1.41 bits per heavy atom. The maximum atomic E-state index is 10.5. The van der Waals surface area contributed by atoms with E-state index in [1.807, 2.05) is 0 Å². The van der Waals surface area contributed by atoms with Crippen LogP contribution in [0.1, 0.15) is 18.4 Å². The summed E-state index contributed by atoms with van der Waals surface area (Å²) in [6.45, 7) is 0.585. The molecule has 5 nitrogen and oxygen atoms in total. The van der Waals surface area contributed by atoms with Crippen LogP contribution in [0.4, 0.5) is 5.69 Å². The molecule has 1 fully saturated rings. The Hall–Kier alpha value is -1.46. The lowest BCUT2D eigenvalue weighted by molar-refractivity contribution is -0.384. The summed E-state index contributed by atoms with van der Waals surface area (Å²) in [6.07, 6.45) is 2.49. The van der Waals surface area contributed by atoms with E-state index >= 15 is 0 Å². The first-order valence-corrected chi connectivity index (χ1v) is 5.80. The summed E-state index contributed by atoms with van der Waals surface area (Å²) in [5, 5.41) is 23.5. The molecule has 1 aliphatic carbocycles. The molecule has 1 unspecified atom stereocenters. The Labute approximate surface area is 99.6 Å². The zero-order valence-corrected chi connectivity index (χ0v) is 9.50. The van der Waals surface area contributed by atoms with Gasteiger partial charge in [0.05, 0.1) is 11.0 Å². The molecule has 1 saturated carbocycles. The van der Waals surface area contributed by atoms with Gasteiger partial charge < -0.3 is 10.4 Å². The van der Waals surface area contributed by atoms with Crippen LogP contribution in [0, 0.1) is 10.1 Å². The molecule has 0 aliphatic heterocycles. The van der Waals surface area contributed by atoms with Gasteiger partial charge in [-0.05, 0) is 24.8 Å². The van der Waals surface area contributed by atoms with Crippen molar-refractivity contribution >= 4 is 5.69 Å². The molecule has 0 bridgehead atoms. The fourth-order valence-electron chi connectivity index (χ4n) is 1.69. The number of non-ortho nitro benzene ring substituents is 1. The summed E-state index contributed by atoms with van der Waals surface area (Å²) in [5.74, 6) is 0. The topological polar surface area (TPSA) is 75.4 Å². The predicted molar refractivity (Wildman–Crippen MR) is 63.8 cm³/mol. The molecule has 1 aromatic rings. The third-order valence-corrected chi connectivity index (χ3v) is 2.84. The highest BCUT2D eigenvalue weighted by molar-refractivity contribution is 5.33. The van der Waals surface area contributed by atoms with Crippen LogP contribution in [0.3, 0.4) is 0 Å². The monoisotopic (exact) mass is 236 g/mol. The number of hydrogen-bond acceptors (Lipinski definition) is 4. The Bertz CT molecular complexity index is 387. The Morgan fingerprint density at radius 3 is 2.59 bits per heavy atom. The largest absolute Gasteiger partial charge is 0.391 e. The summed E-state index contributed by atoms with van der Waals surface area (Å²) >= 11 is 0. The third-order valence-electron chi connectivity index (χ3n) is 2.84. The maximum Gasteiger partial charge on any atom is 0.269 e. The van der Waals surface area contributed by atoms with Crippen molar-refractivity contribution in [2.24, 2.45) is 0 Å². The van der Waals surface area contributed by atoms with Crippen LogP contribution < -0.4 is 5.32 Å². The Balaban J connectivity index is 1.82. The summed E-state index contributed by atoms with van der Waals surface area (Å²) < 4.78 is 0. The number of aliphatic hydroxyl groups excluding tert-OH is 1. The molecule has 0 saturated heterocycles. The van der Waals surface area contributed by atoms with Gasteiger partial charge in [0.25, 0.3) is 5.69 Å². The number of nitrogens with one attached hydrogen (secondary N) is 1. The summed E-state index contributed by atoms with van der Waals surface area (Å²) in [4.78, 5) is 10.0. The lowest BCUT2D eigenvalue weighted by Crippen LogP contribution is -2.29. The normalized spacial score (nSPS) is 16.8. The first-order valence-electron chi connectivity index (χ1n) is 5.80. The molecule has 1 atom stereocenters. The van der Waals surface area contributed by atoms with Crippen molar-refractivity contribution in [1.82, 2.24) is 5.32 Å². The zero-order chi connectivity index (χ0) is 12.3. The van der Waals surface area contributed by atoms with Crippen molar-refractivity contribution in [2.75, 3.05) is 6.54 Å². The molecule has 2 N–H and O–H groups in total. The van der Waals surface area contributed by atoms with E-state index in [4.69, 9.17) is 0 Å². The number of rotatable bonds is 6. The first kappa shape index (κ1) is 12.0. The van der Waals surface area contributed by atoms with Crippen LogP contribution in [-0.2, 0) is 6.42 Å². The van der Waals surface area contributed by atoms with Gasteiger partial charge in [0.1, 0.15) is 0 Å². The van der Waals surface area contributed by atoms with Crippen LogP contribution in [0.25, 0.3) is 0 Å². The summed E-state index contributed by atoms with van der Waals surface area (Å²) in [6, 6.07) is 6.91. The summed E-state index contributed by atoms with van der Waals surface area (Å²) in [5.41, 5.74) is 1.00. The van der Waals surface area contributed by atoms with Crippen LogP contribution in [0.5, 0.6) is 0 Å². The number of nitro benzene ring substituents is 1. The minimum absolute atomic E-state index is 0.0827. The second kappa shape index (κ2) is 5.25. The molecule has 2 rings (SSSR count). The average Bonchev–Trinajstić information content (AvgIpc) is 3.11. The van der Waals surface area contributed by atoms with Crippen molar-refractivity contribution in [2.45, 2.75) is 31.4 Å². The fourth-order valence-corrected chi connectivity index (χ4v) is 1.69. The number of hydrogen-bond donors (Lipinski definition) is 2. The van der Waals surface area contributed by atoms with E-state index in [2.05, 4.69) is 5.32 Å². The minimum Gasteiger partial charge on any atom is -0.391 e. The van der Waals surface area contributed by atoms with Crippen LogP contribution in [0.15, 0.2) is 24.3 Å². The van der Waals surface area contributed by atoms with Crippen molar-refractivity contribution in [3.05, 3.63) is 39.9 Å². The van der Waals surface area contributed by atoms with Gasteiger partial charge in [0, 0.05) is 24.7 Å². The lowest BCUT2D eigenvalue weighted by Gasteiger charge is -2.11. The number of nitrogens with zero attached hydrogens (tertiary/aromatic N) is 1. The molecular formula is C12H16N2O3. The van der Waals surface area contributed by atoms with Gasteiger partial charge in [-0.15, -0.1) is 0 Å². The van der Waals surface area contributed by atoms with Crippen molar-refractivity contribution in [3.63, 3.8) is 0 Å². The molecule has 0 aromatic heterocycles. The second-order valence-electron chi connectivity index (χ2n) is 4.46. The van der Waals surface area contributed by atoms with Crippen molar-refractivity contribution in [3.8, 4) is 0 Å². The molecule has 0 spiro atoms. The molecule has 0 amide bonds. The molecule has 1 aromatic carbocycles. The molecule has 1 aliphatic rings. The smallest absolute Gasteiger partial charge is 0.269 e. The molecular weight excluding hydrogens is 220 g/mol. The van der Waals surface area contributed by atoms with Gasteiger partial charge >= 0.3 is 0 Å². The van der Waals surface area contributed by atoms with E-state index in [9.17, 15) is 15.2 Å². The van der Waals surface area contributed by atoms with Crippen LogP contribution >= 0.6 is 0 Å². The van der Waals surface area contributed by atoms with Crippen LogP contribution in [0.2, 0.25) is 0 Å². The first-order chi connectivity index (χ1) is 8.15. The van der Waals surface area contributed by atoms with Gasteiger partial charge in [-0.1, -0.05) is 12.1 Å². The number of nitro groups is 1. The van der Waals surface area contributed by atoms with E-state index in [0.29, 0.717) is 19.0 Å². The Morgan fingerprint density at radius 2 is 2.06 bits per heavy atom. The minimum atomic E-state index is -0.433. The lowest BCUT2D eigenvalue weighted by atomic mass is 10.1. The standard InChI is InChI=1S/C12H16N2O3/c15-12(8-13-10-3-4-10)7-9-1-5-11(6-2-9)14(16)17/h1-2,5-6,10,12-13,15H,3-4,7-8H2. The van der Waals surface area contributed by atoms with Gasteiger partial charge in [-0.3, -0.25) is 10.1 Å². The molecule has 17 heavy (non-hydrogen) atoms. The predicted octanol–water partition coefficient (Wildman–Crippen LogP) is 1.25. The Kier molecular flexibility index (Phi) is 3.71. The van der Waals surface area contributed by atoms with E-state index in [1.165, 1.54) is 25.0 Å². The van der Waals surface area contributed by atoms with Crippen LogP contribution in [-0.4, -0.2) is 28.7 Å².